The zero-order valence-corrected chi connectivity index (χ0v) is 14.9. The Morgan fingerprint density at radius 2 is 1.90 bits per heavy atom. The van der Waals surface area contributed by atoms with Crippen LogP contribution in [0.25, 0.3) is 6.08 Å². The van der Waals surface area contributed by atoms with Gasteiger partial charge in [-0.05, 0) is 42.0 Å². The first-order chi connectivity index (χ1) is 13.7. The van der Waals surface area contributed by atoms with Gasteiger partial charge in [0.05, 0.1) is 18.6 Å². The van der Waals surface area contributed by atoms with Crippen LogP contribution in [-0.2, 0) is 15.8 Å². The van der Waals surface area contributed by atoms with Crippen LogP contribution in [0.3, 0.4) is 0 Å². The molecule has 2 N–H and O–H groups in total. The van der Waals surface area contributed by atoms with Gasteiger partial charge in [-0.15, -0.1) is 0 Å². The van der Waals surface area contributed by atoms with Crippen molar-refractivity contribution >= 4 is 23.6 Å². The standard InChI is InChI=1S/C20H15F3N2O4/c21-20(22,23)15-4-2-5-16(11-15)25-19(28)14(12-24)9-13-3-1-6-17(10-13)29-8-7-18(26)27/h1-6,9-11H,7-8H2,(H,25,28)(H,26,27)/b14-9-. The molecule has 0 bridgehead atoms. The number of amides is 1. The summed E-state index contributed by atoms with van der Waals surface area (Å²) in [5.74, 6) is -1.54. The van der Waals surface area contributed by atoms with Crippen molar-refractivity contribution in [2.45, 2.75) is 12.6 Å². The van der Waals surface area contributed by atoms with E-state index in [2.05, 4.69) is 5.32 Å². The molecule has 0 aliphatic heterocycles. The number of nitrogens with one attached hydrogen (secondary N) is 1. The number of carbonyl (C=O) groups is 2. The predicted molar refractivity (Wildman–Crippen MR) is 97.9 cm³/mol. The van der Waals surface area contributed by atoms with Gasteiger partial charge < -0.3 is 15.2 Å². The Kier molecular flexibility index (Phi) is 6.98. The van der Waals surface area contributed by atoms with E-state index in [0.717, 1.165) is 18.2 Å². The second-order valence-electron chi connectivity index (χ2n) is 5.77. The lowest BCUT2D eigenvalue weighted by Crippen LogP contribution is -2.14. The summed E-state index contributed by atoms with van der Waals surface area (Å²) in [7, 11) is 0. The highest BCUT2D eigenvalue weighted by Crippen LogP contribution is 2.30. The fourth-order valence-electron chi connectivity index (χ4n) is 2.24. The highest BCUT2D eigenvalue weighted by atomic mass is 19.4. The lowest BCUT2D eigenvalue weighted by Gasteiger charge is -2.09. The van der Waals surface area contributed by atoms with Gasteiger partial charge in [-0.25, -0.2) is 0 Å². The number of benzene rings is 2. The van der Waals surface area contributed by atoms with Crippen molar-refractivity contribution in [2.24, 2.45) is 0 Å². The van der Waals surface area contributed by atoms with Gasteiger partial charge in [-0.2, -0.15) is 18.4 Å². The maximum Gasteiger partial charge on any atom is 0.416 e. The van der Waals surface area contributed by atoms with E-state index in [1.807, 2.05) is 0 Å². The molecule has 0 aliphatic carbocycles. The summed E-state index contributed by atoms with van der Waals surface area (Å²) in [4.78, 5) is 22.8. The fourth-order valence-corrected chi connectivity index (χ4v) is 2.24. The summed E-state index contributed by atoms with van der Waals surface area (Å²) in [5, 5.41) is 20.1. The molecule has 0 spiro atoms. The first-order valence-electron chi connectivity index (χ1n) is 8.24. The summed E-state index contributed by atoms with van der Waals surface area (Å²) >= 11 is 0. The number of rotatable bonds is 7. The van der Waals surface area contributed by atoms with Crippen LogP contribution in [0, 0.1) is 11.3 Å². The minimum Gasteiger partial charge on any atom is -0.493 e. The molecular formula is C20H15F3N2O4. The first-order valence-corrected chi connectivity index (χ1v) is 8.24. The molecule has 1 amide bonds. The molecule has 0 heterocycles. The van der Waals surface area contributed by atoms with Gasteiger partial charge in [-0.3, -0.25) is 9.59 Å². The second-order valence-corrected chi connectivity index (χ2v) is 5.77. The van der Waals surface area contributed by atoms with E-state index in [1.54, 1.807) is 24.3 Å². The van der Waals surface area contributed by atoms with E-state index in [9.17, 15) is 28.0 Å². The third-order valence-corrected chi connectivity index (χ3v) is 3.57. The number of hydrogen-bond donors (Lipinski definition) is 2. The lowest BCUT2D eigenvalue weighted by atomic mass is 10.1. The molecule has 2 aromatic rings. The largest absolute Gasteiger partial charge is 0.493 e. The average molecular weight is 404 g/mol. The maximum atomic E-state index is 12.8. The molecular weight excluding hydrogens is 389 g/mol. The molecule has 2 aromatic carbocycles. The van der Waals surface area contributed by atoms with E-state index in [4.69, 9.17) is 9.84 Å². The van der Waals surface area contributed by atoms with Crippen LogP contribution in [0.2, 0.25) is 0 Å². The Labute approximate surface area is 163 Å². The number of hydrogen-bond acceptors (Lipinski definition) is 4. The third-order valence-electron chi connectivity index (χ3n) is 3.57. The Morgan fingerprint density at radius 1 is 1.17 bits per heavy atom. The topological polar surface area (TPSA) is 99.4 Å². The summed E-state index contributed by atoms with van der Waals surface area (Å²) in [5.41, 5.74) is -0.931. The van der Waals surface area contributed by atoms with E-state index < -0.39 is 23.6 Å². The molecule has 0 saturated carbocycles. The van der Waals surface area contributed by atoms with E-state index in [0.29, 0.717) is 11.3 Å². The van der Waals surface area contributed by atoms with Gasteiger partial charge in [0.2, 0.25) is 0 Å². The molecule has 29 heavy (non-hydrogen) atoms. The van der Waals surface area contributed by atoms with Crippen molar-refractivity contribution in [2.75, 3.05) is 11.9 Å². The van der Waals surface area contributed by atoms with E-state index >= 15 is 0 Å². The molecule has 0 radical (unpaired) electrons. The number of carbonyl (C=O) groups excluding carboxylic acids is 1. The zero-order valence-electron chi connectivity index (χ0n) is 14.9. The van der Waals surface area contributed by atoms with Gasteiger partial charge >= 0.3 is 12.1 Å². The second kappa shape index (κ2) is 9.41. The van der Waals surface area contributed by atoms with E-state index in [-0.39, 0.29) is 24.3 Å². The number of ether oxygens (including phenoxy) is 1. The minimum absolute atomic E-state index is 0.0519. The number of carboxylic acids is 1. The highest BCUT2D eigenvalue weighted by Gasteiger charge is 2.30. The van der Waals surface area contributed by atoms with Crippen LogP contribution in [-0.4, -0.2) is 23.6 Å². The van der Waals surface area contributed by atoms with Crippen LogP contribution < -0.4 is 10.1 Å². The summed E-state index contributed by atoms with van der Waals surface area (Å²) < 4.78 is 43.6. The zero-order chi connectivity index (χ0) is 21.4. The Hall–Kier alpha value is -3.80. The molecule has 6 nitrogen and oxygen atoms in total. The summed E-state index contributed by atoms with van der Waals surface area (Å²) in [6.45, 7) is -0.0519. The van der Waals surface area contributed by atoms with Gasteiger partial charge in [0.15, 0.2) is 0 Å². The van der Waals surface area contributed by atoms with Crippen LogP contribution in [0.4, 0.5) is 18.9 Å². The van der Waals surface area contributed by atoms with Gasteiger partial charge in [0.1, 0.15) is 17.4 Å². The highest BCUT2D eigenvalue weighted by molar-refractivity contribution is 6.09. The van der Waals surface area contributed by atoms with Crippen molar-refractivity contribution in [3.8, 4) is 11.8 Å². The predicted octanol–water partition coefficient (Wildman–Crippen LogP) is 4.10. The van der Waals surface area contributed by atoms with Crippen LogP contribution >= 0.6 is 0 Å². The third kappa shape index (κ3) is 6.70. The normalized spacial score (nSPS) is 11.4. The van der Waals surface area contributed by atoms with Gasteiger partial charge in [0, 0.05) is 5.69 Å². The Balaban J connectivity index is 2.14. The molecule has 0 aromatic heterocycles. The summed E-state index contributed by atoms with van der Waals surface area (Å²) in [6, 6.07) is 12.0. The molecule has 2 rings (SSSR count). The lowest BCUT2D eigenvalue weighted by molar-refractivity contribution is -0.138. The number of carboxylic acid groups (broad SMARTS) is 1. The van der Waals surface area contributed by atoms with E-state index in [1.165, 1.54) is 18.2 Å². The molecule has 0 fully saturated rings. The monoisotopic (exact) mass is 404 g/mol. The summed E-state index contributed by atoms with van der Waals surface area (Å²) in [6.07, 6.45) is -3.51. The molecule has 9 heteroatoms. The maximum absolute atomic E-state index is 12.8. The molecule has 150 valence electrons. The number of anilines is 1. The smallest absolute Gasteiger partial charge is 0.416 e. The van der Waals surface area contributed by atoms with Crippen molar-refractivity contribution in [3.63, 3.8) is 0 Å². The molecule has 0 unspecified atom stereocenters. The van der Waals surface area contributed by atoms with Gasteiger partial charge in [0.25, 0.3) is 5.91 Å². The Bertz CT molecular complexity index is 978. The SMILES string of the molecule is N#C/C(=C/c1cccc(OCCC(=O)O)c1)C(=O)Nc1cccc(C(F)(F)F)c1. The van der Waals surface area contributed by atoms with Crippen LogP contribution in [0.5, 0.6) is 5.75 Å². The van der Waals surface area contributed by atoms with Crippen molar-refractivity contribution < 1.29 is 32.6 Å². The van der Waals surface area contributed by atoms with Crippen molar-refractivity contribution in [1.82, 2.24) is 0 Å². The average Bonchev–Trinajstić information content (AvgIpc) is 2.65. The number of aliphatic carboxylic acids is 1. The van der Waals surface area contributed by atoms with Crippen LogP contribution in [0.1, 0.15) is 17.5 Å². The Morgan fingerprint density at radius 3 is 2.55 bits per heavy atom. The number of nitrogens with zero attached hydrogens (tertiary/aromatic N) is 1. The molecule has 0 saturated heterocycles. The first kappa shape index (κ1) is 21.5. The number of alkyl halides is 3. The molecule has 0 aliphatic rings. The number of nitriles is 1. The van der Waals surface area contributed by atoms with Crippen molar-refractivity contribution in [3.05, 3.63) is 65.2 Å². The van der Waals surface area contributed by atoms with Crippen LogP contribution in [0.15, 0.2) is 54.1 Å². The van der Waals surface area contributed by atoms with Crippen molar-refractivity contribution in [1.29, 1.82) is 5.26 Å². The quantitative estimate of drug-likeness (QED) is 0.535. The minimum atomic E-state index is -4.56. The van der Waals surface area contributed by atoms with Gasteiger partial charge in [-0.1, -0.05) is 18.2 Å². The fraction of sp³-hybridized carbons (Fsp3) is 0.150. The number of halogens is 3. The molecule has 0 atom stereocenters.